The lowest BCUT2D eigenvalue weighted by atomic mass is 9.94. The summed E-state index contributed by atoms with van der Waals surface area (Å²) in [7, 11) is 1.26. The van der Waals surface area contributed by atoms with E-state index in [4.69, 9.17) is 9.47 Å². The van der Waals surface area contributed by atoms with Gasteiger partial charge in [-0.3, -0.25) is 0 Å². The van der Waals surface area contributed by atoms with Gasteiger partial charge >= 0.3 is 12.2 Å². The Kier molecular flexibility index (Phi) is 5.17. The zero-order valence-corrected chi connectivity index (χ0v) is 12.4. The van der Waals surface area contributed by atoms with Gasteiger partial charge in [0, 0.05) is 6.54 Å². The van der Waals surface area contributed by atoms with Gasteiger partial charge in [0.25, 0.3) is 0 Å². The number of nitrogens with one attached hydrogen (secondary N) is 1. The van der Waals surface area contributed by atoms with Gasteiger partial charge in [-0.25, -0.2) is 14.5 Å². The molecule has 0 saturated carbocycles. The highest BCUT2D eigenvalue weighted by Crippen LogP contribution is 2.21. The Morgan fingerprint density at radius 1 is 1.26 bits per heavy atom. The van der Waals surface area contributed by atoms with E-state index in [-0.39, 0.29) is 12.0 Å². The second kappa shape index (κ2) is 6.23. The number of carbonyl (C=O) groups excluding carboxylic acids is 2. The minimum Gasteiger partial charge on any atom is -0.452 e. The van der Waals surface area contributed by atoms with Crippen molar-refractivity contribution in [2.24, 2.45) is 5.92 Å². The molecule has 1 fully saturated rings. The fraction of sp³-hybridized carbons (Fsp3) is 0.846. The summed E-state index contributed by atoms with van der Waals surface area (Å²) in [5, 5.41) is 3.19. The molecule has 6 nitrogen and oxygen atoms in total. The third-order valence-electron chi connectivity index (χ3n) is 3.08. The van der Waals surface area contributed by atoms with Gasteiger partial charge < -0.3 is 14.8 Å². The highest BCUT2D eigenvalue weighted by molar-refractivity contribution is 5.88. The third-order valence-corrected chi connectivity index (χ3v) is 3.08. The van der Waals surface area contributed by atoms with Crippen molar-refractivity contribution >= 4 is 12.2 Å². The molecule has 0 spiro atoms. The van der Waals surface area contributed by atoms with Gasteiger partial charge in [-0.1, -0.05) is 6.92 Å². The van der Waals surface area contributed by atoms with Gasteiger partial charge in [0.1, 0.15) is 5.60 Å². The summed E-state index contributed by atoms with van der Waals surface area (Å²) >= 11 is 0. The van der Waals surface area contributed by atoms with Crippen molar-refractivity contribution in [1.82, 2.24) is 10.2 Å². The van der Waals surface area contributed by atoms with Crippen LogP contribution in [0.15, 0.2) is 0 Å². The third kappa shape index (κ3) is 4.38. The molecule has 1 N–H and O–H groups in total. The first-order valence-corrected chi connectivity index (χ1v) is 6.57. The number of piperidine rings is 1. The molecular weight excluding hydrogens is 248 g/mol. The first-order chi connectivity index (χ1) is 8.76. The Morgan fingerprint density at radius 2 is 1.89 bits per heavy atom. The molecule has 2 atom stereocenters. The van der Waals surface area contributed by atoms with Gasteiger partial charge in [-0.15, -0.1) is 0 Å². The topological polar surface area (TPSA) is 67.9 Å². The Morgan fingerprint density at radius 3 is 2.37 bits per heavy atom. The smallest absolute Gasteiger partial charge is 0.420 e. The number of nitrogens with zero attached hydrogens (tertiary/aromatic N) is 1. The molecule has 0 unspecified atom stereocenters. The van der Waals surface area contributed by atoms with E-state index in [9.17, 15) is 9.59 Å². The summed E-state index contributed by atoms with van der Waals surface area (Å²) < 4.78 is 9.99. The number of rotatable bonds is 1. The maximum absolute atomic E-state index is 12.2. The number of amides is 2. The average molecular weight is 272 g/mol. The van der Waals surface area contributed by atoms with Crippen LogP contribution in [-0.2, 0) is 9.47 Å². The quantitative estimate of drug-likeness (QED) is 0.790. The van der Waals surface area contributed by atoms with Gasteiger partial charge in [-0.2, -0.15) is 0 Å². The van der Waals surface area contributed by atoms with Crippen LogP contribution >= 0.6 is 0 Å². The fourth-order valence-corrected chi connectivity index (χ4v) is 2.07. The Labute approximate surface area is 114 Å². The van der Waals surface area contributed by atoms with E-state index >= 15 is 0 Å². The van der Waals surface area contributed by atoms with Crippen LogP contribution in [0.1, 0.15) is 34.1 Å². The van der Waals surface area contributed by atoms with Gasteiger partial charge in [-0.05, 0) is 39.7 Å². The molecule has 0 bridgehead atoms. The summed E-state index contributed by atoms with van der Waals surface area (Å²) in [4.78, 5) is 25.1. The monoisotopic (exact) mass is 272 g/mol. The molecule has 19 heavy (non-hydrogen) atoms. The second-order valence-electron chi connectivity index (χ2n) is 5.86. The van der Waals surface area contributed by atoms with Crippen LogP contribution in [-0.4, -0.2) is 48.9 Å². The van der Waals surface area contributed by atoms with Gasteiger partial charge in [0.2, 0.25) is 0 Å². The molecule has 0 aliphatic carbocycles. The number of hydrogen-bond acceptors (Lipinski definition) is 5. The molecule has 1 aliphatic rings. The minimum absolute atomic E-state index is 0.216. The van der Waals surface area contributed by atoms with Gasteiger partial charge in [0.05, 0.1) is 13.2 Å². The van der Waals surface area contributed by atoms with E-state index in [1.165, 1.54) is 7.11 Å². The largest absolute Gasteiger partial charge is 0.452 e. The van der Waals surface area contributed by atoms with Crippen LogP contribution in [0.3, 0.4) is 0 Å². The van der Waals surface area contributed by atoms with E-state index in [1.807, 2.05) is 6.92 Å². The molecule has 1 aliphatic heterocycles. The van der Waals surface area contributed by atoms with Crippen LogP contribution in [0.4, 0.5) is 9.59 Å². The summed E-state index contributed by atoms with van der Waals surface area (Å²) in [6.07, 6.45) is -0.421. The number of methoxy groups -OCH3 is 1. The molecule has 0 radical (unpaired) electrons. The molecule has 0 aromatic rings. The predicted octanol–water partition coefficient (Wildman–Crippen LogP) is 1.99. The molecular formula is C13H24N2O4. The number of carbonyl (C=O) groups is 2. The maximum atomic E-state index is 12.2. The lowest BCUT2D eigenvalue weighted by molar-refractivity contribution is 0.00844. The van der Waals surface area contributed by atoms with Crippen LogP contribution in [0, 0.1) is 5.92 Å². The summed E-state index contributed by atoms with van der Waals surface area (Å²) in [6.45, 7) is 8.77. The Bertz CT molecular complexity index is 338. The van der Waals surface area contributed by atoms with E-state index in [2.05, 4.69) is 5.32 Å². The van der Waals surface area contributed by atoms with E-state index < -0.39 is 17.8 Å². The van der Waals surface area contributed by atoms with Crippen molar-refractivity contribution < 1.29 is 19.1 Å². The molecule has 110 valence electrons. The highest BCUT2D eigenvalue weighted by atomic mass is 16.6. The number of ether oxygens (including phenoxy) is 2. The zero-order valence-electron chi connectivity index (χ0n) is 12.4. The van der Waals surface area contributed by atoms with Crippen LogP contribution in [0.2, 0.25) is 0 Å². The van der Waals surface area contributed by atoms with Crippen molar-refractivity contribution in [2.45, 2.75) is 45.8 Å². The predicted molar refractivity (Wildman–Crippen MR) is 70.9 cm³/mol. The summed E-state index contributed by atoms with van der Waals surface area (Å²) in [5.74, 6) is 0.216. The average Bonchev–Trinajstić information content (AvgIpc) is 2.29. The molecule has 1 saturated heterocycles. The minimum atomic E-state index is -0.671. The first kappa shape index (κ1) is 15.8. The number of hydrogen-bond donors (Lipinski definition) is 1. The van der Waals surface area contributed by atoms with E-state index in [0.717, 1.165) is 17.9 Å². The van der Waals surface area contributed by atoms with Crippen molar-refractivity contribution in [3.05, 3.63) is 0 Å². The SMILES string of the molecule is COC(=O)N(C(=O)OC(C)(C)C)[C@@H]1CNCC[C@@H]1C. The molecule has 0 aromatic heterocycles. The van der Waals surface area contributed by atoms with Crippen molar-refractivity contribution in [2.75, 3.05) is 20.2 Å². The molecule has 2 amide bonds. The highest BCUT2D eigenvalue weighted by Gasteiger charge is 2.38. The standard InChI is InChI=1S/C13H24N2O4/c1-9-6-7-14-8-10(9)15(11(16)18-5)12(17)19-13(2,3)4/h9-10,14H,6-8H2,1-5H3/t9-,10+/m0/s1. The molecule has 0 aromatic carbocycles. The summed E-state index contributed by atoms with van der Waals surface area (Å²) in [6, 6.07) is -0.240. The Balaban J connectivity index is 2.88. The molecule has 6 heteroatoms. The normalized spacial score (nSPS) is 23.6. The van der Waals surface area contributed by atoms with Gasteiger partial charge in [0.15, 0.2) is 0 Å². The molecule has 1 rings (SSSR count). The van der Waals surface area contributed by atoms with E-state index in [1.54, 1.807) is 20.8 Å². The second-order valence-corrected chi connectivity index (χ2v) is 5.86. The zero-order chi connectivity index (χ0) is 14.6. The lowest BCUT2D eigenvalue weighted by Gasteiger charge is -2.37. The van der Waals surface area contributed by atoms with Crippen molar-refractivity contribution in [3.63, 3.8) is 0 Å². The maximum Gasteiger partial charge on any atom is 0.420 e. The van der Waals surface area contributed by atoms with Crippen LogP contribution in [0.5, 0.6) is 0 Å². The first-order valence-electron chi connectivity index (χ1n) is 6.57. The van der Waals surface area contributed by atoms with Crippen molar-refractivity contribution in [1.29, 1.82) is 0 Å². The lowest BCUT2D eigenvalue weighted by Crippen LogP contribution is -2.55. The molecule has 1 heterocycles. The van der Waals surface area contributed by atoms with Crippen molar-refractivity contribution in [3.8, 4) is 0 Å². The Hall–Kier alpha value is -1.30. The van der Waals surface area contributed by atoms with Crippen LogP contribution in [0.25, 0.3) is 0 Å². The van der Waals surface area contributed by atoms with Crippen LogP contribution < -0.4 is 5.32 Å². The van der Waals surface area contributed by atoms with E-state index in [0.29, 0.717) is 6.54 Å². The fourth-order valence-electron chi connectivity index (χ4n) is 2.07. The number of imide groups is 1. The summed E-state index contributed by atoms with van der Waals surface area (Å²) in [5.41, 5.74) is -0.644.